The minimum atomic E-state index is -0.158. The Balaban J connectivity index is 1.64. The highest BCUT2D eigenvalue weighted by molar-refractivity contribution is 5.14. The first-order chi connectivity index (χ1) is 8.33. The summed E-state index contributed by atoms with van der Waals surface area (Å²) >= 11 is 0. The van der Waals surface area contributed by atoms with Gasteiger partial charge in [0.25, 0.3) is 0 Å². The number of benzene rings is 1. The first-order valence-electron chi connectivity index (χ1n) is 6.48. The Hall–Kier alpha value is -0.900. The van der Waals surface area contributed by atoms with Crippen molar-refractivity contribution in [3.63, 3.8) is 0 Å². The topological polar surface area (TPSA) is 35.5 Å². The predicted molar refractivity (Wildman–Crippen MR) is 67.6 cm³/mol. The lowest BCUT2D eigenvalue weighted by molar-refractivity contribution is 0.0672. The van der Waals surface area contributed by atoms with Crippen molar-refractivity contribution < 1.29 is 5.11 Å². The number of piperidine rings is 1. The van der Waals surface area contributed by atoms with Crippen LogP contribution >= 0.6 is 0 Å². The Morgan fingerprint density at radius 2 is 2.00 bits per heavy atom. The van der Waals surface area contributed by atoms with Crippen LogP contribution in [-0.2, 0) is 6.54 Å². The van der Waals surface area contributed by atoms with E-state index < -0.39 is 0 Å². The third-order valence-electron chi connectivity index (χ3n) is 4.07. The largest absolute Gasteiger partial charge is 0.391 e. The molecule has 0 aliphatic carbocycles. The van der Waals surface area contributed by atoms with Crippen LogP contribution in [0, 0.1) is 11.8 Å². The zero-order valence-corrected chi connectivity index (χ0v) is 10.0. The maximum absolute atomic E-state index is 9.97. The third kappa shape index (κ3) is 2.37. The highest BCUT2D eigenvalue weighted by Gasteiger charge is 2.39. The number of aliphatic hydroxyl groups is 1. The molecule has 2 N–H and O–H groups in total. The maximum atomic E-state index is 9.97. The summed E-state index contributed by atoms with van der Waals surface area (Å²) in [4.78, 5) is 2.47. The number of nitrogens with zero attached hydrogens (tertiary/aromatic N) is 1. The normalized spacial score (nSPS) is 33.6. The number of hydrogen-bond acceptors (Lipinski definition) is 3. The molecule has 0 radical (unpaired) electrons. The molecule has 0 amide bonds. The highest BCUT2D eigenvalue weighted by Crippen LogP contribution is 2.29. The lowest BCUT2D eigenvalue weighted by Gasteiger charge is -2.29. The van der Waals surface area contributed by atoms with E-state index in [1.54, 1.807) is 0 Å². The molecule has 92 valence electrons. The van der Waals surface area contributed by atoms with E-state index in [4.69, 9.17) is 0 Å². The van der Waals surface area contributed by atoms with Crippen molar-refractivity contribution in [1.82, 2.24) is 10.2 Å². The molecule has 2 fully saturated rings. The van der Waals surface area contributed by atoms with Crippen LogP contribution in [0.15, 0.2) is 30.3 Å². The van der Waals surface area contributed by atoms with E-state index in [2.05, 4.69) is 40.5 Å². The molecule has 2 saturated heterocycles. The molecule has 1 aromatic carbocycles. The molecule has 0 saturated carbocycles. The fraction of sp³-hybridized carbons (Fsp3) is 0.571. The predicted octanol–water partition coefficient (Wildman–Crippen LogP) is 0.699. The van der Waals surface area contributed by atoms with Gasteiger partial charge < -0.3 is 10.4 Å². The average Bonchev–Trinajstić information content (AvgIpc) is 2.74. The van der Waals surface area contributed by atoms with E-state index >= 15 is 0 Å². The van der Waals surface area contributed by atoms with Gasteiger partial charge in [-0.1, -0.05) is 30.3 Å². The Morgan fingerprint density at radius 1 is 1.18 bits per heavy atom. The number of likely N-dealkylation sites (tertiary alicyclic amines) is 1. The highest BCUT2D eigenvalue weighted by atomic mass is 16.3. The molecular weight excluding hydrogens is 212 g/mol. The third-order valence-corrected chi connectivity index (χ3v) is 4.07. The van der Waals surface area contributed by atoms with E-state index in [0.29, 0.717) is 11.8 Å². The molecule has 3 nitrogen and oxygen atoms in total. The Bertz CT molecular complexity index is 368. The summed E-state index contributed by atoms with van der Waals surface area (Å²) in [5, 5.41) is 13.3. The van der Waals surface area contributed by atoms with Crippen molar-refractivity contribution in [3.05, 3.63) is 35.9 Å². The van der Waals surface area contributed by atoms with Gasteiger partial charge in [-0.05, 0) is 18.0 Å². The van der Waals surface area contributed by atoms with Crippen molar-refractivity contribution in [2.24, 2.45) is 11.8 Å². The lowest BCUT2D eigenvalue weighted by atomic mass is 9.88. The fourth-order valence-corrected chi connectivity index (χ4v) is 3.18. The van der Waals surface area contributed by atoms with Crippen molar-refractivity contribution in [2.45, 2.75) is 12.6 Å². The summed E-state index contributed by atoms with van der Waals surface area (Å²) in [6.07, 6.45) is -0.158. The number of aliphatic hydroxyl groups excluding tert-OH is 1. The average molecular weight is 232 g/mol. The number of nitrogens with one attached hydrogen (secondary N) is 1. The Kier molecular flexibility index (Phi) is 3.14. The van der Waals surface area contributed by atoms with Gasteiger partial charge in [-0.2, -0.15) is 0 Å². The molecule has 1 unspecified atom stereocenters. The first kappa shape index (κ1) is 11.2. The molecule has 1 aromatic rings. The maximum Gasteiger partial charge on any atom is 0.0708 e. The minimum absolute atomic E-state index is 0.158. The quantitative estimate of drug-likeness (QED) is 0.788. The SMILES string of the molecule is OC1CNC[C@@H]2CN(Cc3ccccc3)C[C@H]12. The van der Waals surface area contributed by atoms with Crippen LogP contribution in [0.1, 0.15) is 5.56 Å². The lowest BCUT2D eigenvalue weighted by Crippen LogP contribution is -2.46. The molecule has 0 bridgehead atoms. The monoisotopic (exact) mass is 232 g/mol. The molecule has 2 aliphatic heterocycles. The molecule has 2 heterocycles. The minimum Gasteiger partial charge on any atom is -0.391 e. The smallest absolute Gasteiger partial charge is 0.0708 e. The molecule has 3 atom stereocenters. The Morgan fingerprint density at radius 3 is 2.76 bits per heavy atom. The zero-order chi connectivity index (χ0) is 11.7. The van der Waals surface area contributed by atoms with E-state index in [1.807, 2.05) is 0 Å². The van der Waals surface area contributed by atoms with E-state index in [1.165, 1.54) is 5.56 Å². The van der Waals surface area contributed by atoms with Gasteiger partial charge in [0.1, 0.15) is 0 Å². The van der Waals surface area contributed by atoms with Crippen molar-refractivity contribution in [2.75, 3.05) is 26.2 Å². The van der Waals surface area contributed by atoms with Crippen molar-refractivity contribution in [1.29, 1.82) is 0 Å². The van der Waals surface area contributed by atoms with Gasteiger partial charge in [0, 0.05) is 32.1 Å². The second kappa shape index (κ2) is 4.77. The molecule has 3 heteroatoms. The number of hydrogen-bond donors (Lipinski definition) is 2. The number of β-amino-alcohol motifs (C(OH)–C–C–N with tert-alkyl or cyclic N) is 1. The van der Waals surface area contributed by atoms with Crippen LogP contribution < -0.4 is 5.32 Å². The van der Waals surface area contributed by atoms with Gasteiger partial charge >= 0.3 is 0 Å². The van der Waals surface area contributed by atoms with Crippen LogP contribution in [0.25, 0.3) is 0 Å². The van der Waals surface area contributed by atoms with E-state index in [-0.39, 0.29) is 6.10 Å². The summed E-state index contributed by atoms with van der Waals surface area (Å²) < 4.78 is 0. The van der Waals surface area contributed by atoms with Crippen molar-refractivity contribution in [3.8, 4) is 0 Å². The molecule has 0 aromatic heterocycles. The van der Waals surface area contributed by atoms with Crippen LogP contribution in [0.5, 0.6) is 0 Å². The van der Waals surface area contributed by atoms with Crippen LogP contribution in [0.2, 0.25) is 0 Å². The van der Waals surface area contributed by atoms with Gasteiger partial charge in [0.15, 0.2) is 0 Å². The summed E-state index contributed by atoms with van der Waals surface area (Å²) in [6.45, 7) is 5.00. The molecule has 3 rings (SSSR count). The van der Waals surface area contributed by atoms with Gasteiger partial charge in [-0.25, -0.2) is 0 Å². The molecule has 17 heavy (non-hydrogen) atoms. The van der Waals surface area contributed by atoms with Gasteiger partial charge in [0.2, 0.25) is 0 Å². The van der Waals surface area contributed by atoms with Gasteiger partial charge in [0.05, 0.1) is 6.10 Å². The Labute approximate surface area is 102 Å². The second-order valence-corrected chi connectivity index (χ2v) is 5.33. The van der Waals surface area contributed by atoms with Gasteiger partial charge in [-0.3, -0.25) is 4.90 Å². The second-order valence-electron chi connectivity index (χ2n) is 5.33. The number of fused-ring (bicyclic) bond motifs is 1. The summed E-state index contributed by atoms with van der Waals surface area (Å²) in [7, 11) is 0. The standard InChI is InChI=1S/C14H20N2O/c17-14-7-15-6-12-9-16(10-13(12)14)8-11-4-2-1-3-5-11/h1-5,12-15,17H,6-10H2/t12-,13+,14?/m1/s1. The first-order valence-corrected chi connectivity index (χ1v) is 6.48. The molecule has 2 aliphatic rings. The van der Waals surface area contributed by atoms with E-state index in [0.717, 1.165) is 32.7 Å². The molecule has 0 spiro atoms. The van der Waals surface area contributed by atoms with Crippen LogP contribution in [0.3, 0.4) is 0 Å². The zero-order valence-electron chi connectivity index (χ0n) is 10.0. The fourth-order valence-electron chi connectivity index (χ4n) is 3.18. The summed E-state index contributed by atoms with van der Waals surface area (Å²) in [5.74, 6) is 1.10. The van der Waals surface area contributed by atoms with Crippen LogP contribution in [-0.4, -0.2) is 42.3 Å². The van der Waals surface area contributed by atoms with E-state index in [9.17, 15) is 5.11 Å². The van der Waals surface area contributed by atoms with Gasteiger partial charge in [-0.15, -0.1) is 0 Å². The van der Waals surface area contributed by atoms with Crippen molar-refractivity contribution >= 4 is 0 Å². The van der Waals surface area contributed by atoms with Crippen LogP contribution in [0.4, 0.5) is 0 Å². The summed E-state index contributed by atoms with van der Waals surface area (Å²) in [5.41, 5.74) is 1.37. The summed E-state index contributed by atoms with van der Waals surface area (Å²) in [6, 6.07) is 10.6. The number of rotatable bonds is 2. The molecular formula is C14H20N2O.